The summed E-state index contributed by atoms with van der Waals surface area (Å²) in [6, 6.07) is 8.89. The third kappa shape index (κ3) is 3.65. The standard InChI is InChI=1S/C20H27N3O2/c1-14(15-6-7-15)23(18-8-9-18)20(25)21-12-19(24)22-11-10-16-4-2-3-5-17(16)13-22/h2-5,14-15,18H,6-13H2,1H3,(H,21,25). The van der Waals surface area contributed by atoms with Crippen molar-refractivity contribution in [1.29, 1.82) is 0 Å². The summed E-state index contributed by atoms with van der Waals surface area (Å²) in [6.07, 6.45) is 5.54. The molecular formula is C20H27N3O2. The number of carbonyl (C=O) groups is 2. The number of benzene rings is 1. The lowest BCUT2D eigenvalue weighted by Crippen LogP contribution is -2.50. The van der Waals surface area contributed by atoms with E-state index in [-0.39, 0.29) is 18.5 Å². The van der Waals surface area contributed by atoms with Gasteiger partial charge in [-0.3, -0.25) is 4.79 Å². The minimum absolute atomic E-state index is 0.0117. The molecule has 1 aliphatic heterocycles. The van der Waals surface area contributed by atoms with Gasteiger partial charge in [0.1, 0.15) is 0 Å². The van der Waals surface area contributed by atoms with Crippen LogP contribution in [0.1, 0.15) is 43.7 Å². The average molecular weight is 341 g/mol. The van der Waals surface area contributed by atoms with Gasteiger partial charge in [-0.15, -0.1) is 0 Å². The van der Waals surface area contributed by atoms with Gasteiger partial charge in [0, 0.05) is 25.2 Å². The molecule has 1 heterocycles. The highest BCUT2D eigenvalue weighted by Gasteiger charge is 2.41. The molecule has 5 heteroatoms. The number of amides is 3. The van der Waals surface area contributed by atoms with Gasteiger partial charge in [0.15, 0.2) is 0 Å². The topological polar surface area (TPSA) is 52.7 Å². The fourth-order valence-corrected chi connectivity index (χ4v) is 3.90. The van der Waals surface area contributed by atoms with E-state index in [4.69, 9.17) is 0 Å². The smallest absolute Gasteiger partial charge is 0.318 e. The van der Waals surface area contributed by atoms with Gasteiger partial charge in [-0.25, -0.2) is 4.79 Å². The van der Waals surface area contributed by atoms with Crippen LogP contribution in [0.4, 0.5) is 4.79 Å². The van der Waals surface area contributed by atoms with Crippen molar-refractivity contribution in [2.75, 3.05) is 13.1 Å². The van der Waals surface area contributed by atoms with Crippen LogP contribution in [0.15, 0.2) is 24.3 Å². The Bertz CT molecular complexity index is 667. The Hall–Kier alpha value is -2.04. The SMILES string of the molecule is CC(C1CC1)N(C(=O)NCC(=O)N1CCc2ccccc2C1)C1CC1. The molecule has 1 unspecified atom stereocenters. The van der Waals surface area contributed by atoms with Crippen molar-refractivity contribution in [2.45, 2.75) is 57.7 Å². The second-order valence-electron chi connectivity index (χ2n) is 7.71. The van der Waals surface area contributed by atoms with Crippen LogP contribution in [-0.4, -0.2) is 46.9 Å². The van der Waals surface area contributed by atoms with Crippen LogP contribution in [0.5, 0.6) is 0 Å². The summed E-state index contributed by atoms with van der Waals surface area (Å²) < 4.78 is 0. The molecule has 2 fully saturated rings. The molecule has 1 N–H and O–H groups in total. The van der Waals surface area contributed by atoms with Gasteiger partial charge < -0.3 is 15.1 Å². The van der Waals surface area contributed by atoms with Gasteiger partial charge in [-0.05, 0) is 56.1 Å². The predicted molar refractivity (Wildman–Crippen MR) is 96.0 cm³/mol. The molecule has 4 rings (SSSR count). The second kappa shape index (κ2) is 6.70. The number of fused-ring (bicyclic) bond motifs is 1. The quantitative estimate of drug-likeness (QED) is 0.895. The highest BCUT2D eigenvalue weighted by atomic mass is 16.2. The van der Waals surface area contributed by atoms with E-state index in [0.29, 0.717) is 24.5 Å². The number of nitrogens with zero attached hydrogens (tertiary/aromatic N) is 2. The molecule has 2 aliphatic carbocycles. The molecule has 3 aliphatic rings. The zero-order valence-electron chi connectivity index (χ0n) is 14.9. The lowest BCUT2D eigenvalue weighted by atomic mass is 10.00. The first-order valence-corrected chi connectivity index (χ1v) is 9.54. The fourth-order valence-electron chi connectivity index (χ4n) is 3.90. The molecule has 0 spiro atoms. The Morgan fingerprint density at radius 2 is 1.92 bits per heavy atom. The summed E-state index contributed by atoms with van der Waals surface area (Å²) in [4.78, 5) is 29.0. The first-order valence-electron chi connectivity index (χ1n) is 9.54. The van der Waals surface area contributed by atoms with Crippen molar-refractivity contribution in [3.63, 3.8) is 0 Å². The largest absolute Gasteiger partial charge is 0.336 e. The molecular weight excluding hydrogens is 314 g/mol. The summed E-state index contributed by atoms with van der Waals surface area (Å²) >= 11 is 0. The van der Waals surface area contributed by atoms with Crippen molar-refractivity contribution >= 4 is 11.9 Å². The first-order chi connectivity index (χ1) is 12.1. The van der Waals surface area contributed by atoms with Gasteiger partial charge in [-0.1, -0.05) is 24.3 Å². The van der Waals surface area contributed by atoms with Crippen LogP contribution in [0.2, 0.25) is 0 Å². The van der Waals surface area contributed by atoms with Crippen molar-refractivity contribution in [1.82, 2.24) is 15.1 Å². The number of rotatable bonds is 5. The Morgan fingerprint density at radius 1 is 1.20 bits per heavy atom. The minimum Gasteiger partial charge on any atom is -0.336 e. The molecule has 1 aromatic carbocycles. The number of nitrogens with one attached hydrogen (secondary N) is 1. The molecule has 1 aromatic rings. The van der Waals surface area contributed by atoms with Crippen molar-refractivity contribution in [3.8, 4) is 0 Å². The van der Waals surface area contributed by atoms with E-state index in [0.717, 1.165) is 25.8 Å². The minimum atomic E-state index is -0.0624. The van der Waals surface area contributed by atoms with Crippen molar-refractivity contribution in [3.05, 3.63) is 35.4 Å². The third-order valence-corrected chi connectivity index (χ3v) is 5.79. The van der Waals surface area contributed by atoms with Crippen LogP contribution in [-0.2, 0) is 17.8 Å². The fraction of sp³-hybridized carbons (Fsp3) is 0.600. The van der Waals surface area contributed by atoms with Crippen LogP contribution < -0.4 is 5.32 Å². The van der Waals surface area contributed by atoms with Crippen LogP contribution in [0.3, 0.4) is 0 Å². The van der Waals surface area contributed by atoms with E-state index < -0.39 is 0 Å². The Kier molecular flexibility index (Phi) is 4.40. The maximum atomic E-state index is 12.6. The summed E-state index contributed by atoms with van der Waals surface area (Å²) in [7, 11) is 0. The molecule has 0 bridgehead atoms. The zero-order chi connectivity index (χ0) is 17.4. The molecule has 25 heavy (non-hydrogen) atoms. The highest BCUT2D eigenvalue weighted by molar-refractivity contribution is 5.84. The predicted octanol–water partition coefficient (Wildman–Crippen LogP) is 2.54. The molecule has 3 amide bonds. The molecule has 2 saturated carbocycles. The number of carbonyl (C=O) groups excluding carboxylic acids is 2. The zero-order valence-corrected chi connectivity index (χ0v) is 14.9. The maximum Gasteiger partial charge on any atom is 0.318 e. The van der Waals surface area contributed by atoms with Gasteiger partial charge in [-0.2, -0.15) is 0 Å². The Balaban J connectivity index is 1.31. The summed E-state index contributed by atoms with van der Waals surface area (Å²) in [5.41, 5.74) is 2.55. The van der Waals surface area contributed by atoms with E-state index in [1.807, 2.05) is 21.9 Å². The highest BCUT2D eigenvalue weighted by Crippen LogP contribution is 2.39. The second-order valence-corrected chi connectivity index (χ2v) is 7.71. The van der Waals surface area contributed by atoms with E-state index in [1.165, 1.54) is 24.0 Å². The van der Waals surface area contributed by atoms with Crippen molar-refractivity contribution < 1.29 is 9.59 Å². The normalized spacial score (nSPS) is 20.6. The van der Waals surface area contributed by atoms with E-state index in [2.05, 4.69) is 24.4 Å². The first kappa shape index (κ1) is 16.4. The van der Waals surface area contributed by atoms with Crippen molar-refractivity contribution in [2.24, 2.45) is 5.92 Å². The lowest BCUT2D eigenvalue weighted by molar-refractivity contribution is -0.131. The monoisotopic (exact) mass is 341 g/mol. The van der Waals surface area contributed by atoms with E-state index in [1.54, 1.807) is 0 Å². The van der Waals surface area contributed by atoms with Gasteiger partial charge in [0.25, 0.3) is 0 Å². The van der Waals surface area contributed by atoms with E-state index >= 15 is 0 Å². The van der Waals surface area contributed by atoms with E-state index in [9.17, 15) is 9.59 Å². The number of urea groups is 1. The molecule has 0 saturated heterocycles. The number of hydrogen-bond donors (Lipinski definition) is 1. The van der Waals surface area contributed by atoms with Crippen LogP contribution in [0.25, 0.3) is 0 Å². The molecule has 134 valence electrons. The van der Waals surface area contributed by atoms with Crippen LogP contribution in [0, 0.1) is 5.92 Å². The maximum absolute atomic E-state index is 12.6. The van der Waals surface area contributed by atoms with Gasteiger partial charge >= 0.3 is 6.03 Å². The number of hydrogen-bond acceptors (Lipinski definition) is 2. The lowest BCUT2D eigenvalue weighted by Gasteiger charge is -2.31. The molecule has 1 atom stereocenters. The third-order valence-electron chi connectivity index (χ3n) is 5.79. The van der Waals surface area contributed by atoms with Crippen LogP contribution >= 0.6 is 0 Å². The summed E-state index contributed by atoms with van der Waals surface area (Å²) in [5.74, 6) is 0.665. The summed E-state index contributed by atoms with van der Waals surface area (Å²) in [6.45, 7) is 3.63. The summed E-state index contributed by atoms with van der Waals surface area (Å²) in [5, 5.41) is 2.88. The Labute approximate surface area is 149 Å². The van der Waals surface area contributed by atoms with Gasteiger partial charge in [0.2, 0.25) is 5.91 Å². The average Bonchev–Trinajstić information content (AvgIpc) is 3.52. The van der Waals surface area contributed by atoms with Gasteiger partial charge in [0.05, 0.1) is 6.54 Å². The molecule has 0 radical (unpaired) electrons. The Morgan fingerprint density at radius 3 is 2.60 bits per heavy atom. The molecule has 5 nitrogen and oxygen atoms in total. The molecule has 0 aromatic heterocycles.